The van der Waals surface area contributed by atoms with Gasteiger partial charge in [0.2, 0.25) is 5.95 Å². The third-order valence-corrected chi connectivity index (χ3v) is 6.28. The van der Waals surface area contributed by atoms with Gasteiger partial charge in [-0.3, -0.25) is 4.90 Å². The highest BCUT2D eigenvalue weighted by atomic mass is 79.9. The highest BCUT2D eigenvalue weighted by molar-refractivity contribution is 9.10. The van der Waals surface area contributed by atoms with E-state index in [0.29, 0.717) is 11.8 Å². The highest BCUT2D eigenvalue weighted by Crippen LogP contribution is 2.29. The average Bonchev–Trinajstić information content (AvgIpc) is 3.36. The Kier molecular flexibility index (Phi) is 5.98. The number of aliphatic hydroxyl groups excluding tert-OH is 1. The molecular formula is C20H20BrN5O3S. The number of thiazole rings is 1. The molecule has 3 aromatic rings. The molecule has 0 radical (unpaired) electrons. The molecule has 10 heteroatoms. The van der Waals surface area contributed by atoms with Crippen molar-refractivity contribution in [3.63, 3.8) is 0 Å². The van der Waals surface area contributed by atoms with Crippen LogP contribution in [0.2, 0.25) is 0 Å². The van der Waals surface area contributed by atoms with Gasteiger partial charge < -0.3 is 15.2 Å². The Balaban J connectivity index is 1.50. The van der Waals surface area contributed by atoms with E-state index in [4.69, 9.17) is 9.72 Å². The molecule has 2 aromatic heterocycles. The van der Waals surface area contributed by atoms with E-state index >= 15 is 0 Å². The number of anilines is 2. The van der Waals surface area contributed by atoms with Crippen molar-refractivity contribution < 1.29 is 14.6 Å². The van der Waals surface area contributed by atoms with Gasteiger partial charge in [0.05, 0.1) is 17.8 Å². The molecule has 3 heterocycles. The number of amides is 1. The second-order valence-corrected chi connectivity index (χ2v) is 8.74. The number of carbonyl (C=O) groups excluding carboxylic acids is 1. The Labute approximate surface area is 186 Å². The molecule has 1 amide bonds. The summed E-state index contributed by atoms with van der Waals surface area (Å²) in [5, 5.41) is 16.1. The van der Waals surface area contributed by atoms with E-state index in [-0.39, 0.29) is 12.6 Å². The van der Waals surface area contributed by atoms with Gasteiger partial charge in [-0.2, -0.15) is 4.98 Å². The second kappa shape index (κ2) is 8.66. The number of rotatable bonds is 6. The third kappa shape index (κ3) is 4.30. The zero-order valence-electron chi connectivity index (χ0n) is 16.3. The van der Waals surface area contributed by atoms with Crippen LogP contribution < -0.4 is 10.2 Å². The summed E-state index contributed by atoms with van der Waals surface area (Å²) in [6.07, 6.45) is 0.295. The van der Waals surface area contributed by atoms with Crippen LogP contribution in [0.4, 0.5) is 16.6 Å². The van der Waals surface area contributed by atoms with Crippen LogP contribution >= 0.6 is 27.3 Å². The van der Waals surface area contributed by atoms with E-state index in [1.165, 1.54) is 4.90 Å². The Hall–Kier alpha value is -2.56. The van der Waals surface area contributed by atoms with Crippen LogP contribution in [0.3, 0.4) is 0 Å². The fourth-order valence-corrected chi connectivity index (χ4v) is 4.20. The number of hydrogen-bond donors (Lipinski definition) is 2. The molecule has 2 N–H and O–H groups in total. The molecule has 0 aliphatic carbocycles. The Bertz CT molecular complexity index is 1040. The first kappa shape index (κ1) is 20.7. The van der Waals surface area contributed by atoms with Gasteiger partial charge in [-0.1, -0.05) is 28.1 Å². The number of aromatic nitrogens is 3. The number of ether oxygens (including phenoxy) is 1. The molecule has 4 rings (SSSR count). The minimum absolute atomic E-state index is 0.123. The first-order valence-electron chi connectivity index (χ1n) is 9.37. The number of cyclic esters (lactones) is 1. The Morgan fingerprint density at radius 3 is 2.77 bits per heavy atom. The molecule has 1 unspecified atom stereocenters. The topological polar surface area (TPSA) is 100 Å². The molecule has 0 bridgehead atoms. The van der Waals surface area contributed by atoms with E-state index in [1.807, 2.05) is 36.6 Å². The van der Waals surface area contributed by atoms with Crippen molar-refractivity contribution in [1.29, 1.82) is 0 Å². The maximum Gasteiger partial charge on any atom is 0.416 e. The highest BCUT2D eigenvalue weighted by Gasteiger charge is 2.38. The monoisotopic (exact) mass is 489 g/mol. The Morgan fingerprint density at radius 2 is 2.03 bits per heavy atom. The molecule has 1 aliphatic heterocycles. The zero-order chi connectivity index (χ0) is 21.3. The smallest absolute Gasteiger partial charge is 0.416 e. The van der Waals surface area contributed by atoms with Crippen LogP contribution in [0.25, 0.3) is 11.3 Å². The first-order chi connectivity index (χ1) is 14.4. The minimum Gasteiger partial charge on any atom is -0.447 e. The van der Waals surface area contributed by atoms with Crippen molar-refractivity contribution in [3.8, 4) is 11.3 Å². The average molecular weight is 490 g/mol. The second-order valence-electron chi connectivity index (χ2n) is 6.94. The number of nitrogens with one attached hydrogen (secondary N) is 1. The van der Waals surface area contributed by atoms with Crippen molar-refractivity contribution in [2.45, 2.75) is 32.0 Å². The van der Waals surface area contributed by atoms with E-state index in [2.05, 4.69) is 31.2 Å². The van der Waals surface area contributed by atoms with Crippen molar-refractivity contribution >= 4 is 45.1 Å². The fourth-order valence-electron chi connectivity index (χ4n) is 3.10. The number of benzene rings is 1. The van der Waals surface area contributed by atoms with Gasteiger partial charge in [0.25, 0.3) is 0 Å². The molecule has 0 spiro atoms. The standard InChI is InChI=1S/C20H20BrN5O3S/c1-11(18-24-15(10-30-18)13-3-5-14(21)6-4-13)23-19-22-8-7-17(25-19)26-16(12(2)27)9-29-20(26)28/h3-8,10-12,16,27H,9H2,1-2H3,(H,22,23,25)/t11-,12+,16?/m0/s1. The molecule has 1 aliphatic rings. The molecule has 1 aromatic carbocycles. The van der Waals surface area contributed by atoms with Crippen LogP contribution in [0.1, 0.15) is 24.9 Å². The maximum absolute atomic E-state index is 12.1. The largest absolute Gasteiger partial charge is 0.447 e. The number of nitrogens with zero attached hydrogens (tertiary/aromatic N) is 4. The fraction of sp³-hybridized carbons (Fsp3) is 0.300. The summed E-state index contributed by atoms with van der Waals surface area (Å²) in [6.45, 7) is 3.72. The lowest BCUT2D eigenvalue weighted by molar-refractivity contribution is 0.142. The number of carbonyl (C=O) groups is 1. The predicted octanol–water partition coefficient (Wildman–Crippen LogP) is 4.24. The molecular weight excluding hydrogens is 470 g/mol. The van der Waals surface area contributed by atoms with Crippen molar-refractivity contribution in [2.75, 3.05) is 16.8 Å². The van der Waals surface area contributed by atoms with Crippen LogP contribution in [-0.4, -0.2) is 44.9 Å². The quantitative estimate of drug-likeness (QED) is 0.533. The van der Waals surface area contributed by atoms with Gasteiger partial charge in [0.15, 0.2) is 0 Å². The normalized spacial score (nSPS) is 18.2. The summed E-state index contributed by atoms with van der Waals surface area (Å²) in [5.74, 6) is 0.743. The van der Waals surface area contributed by atoms with E-state index in [1.54, 1.807) is 30.5 Å². The van der Waals surface area contributed by atoms with Gasteiger partial charge in [0, 0.05) is 21.6 Å². The summed E-state index contributed by atoms with van der Waals surface area (Å²) >= 11 is 4.99. The van der Waals surface area contributed by atoms with Crippen LogP contribution in [0.15, 0.2) is 46.4 Å². The SMILES string of the molecule is C[C@H](Nc1nccc(N2C(=O)OCC2[C@@H](C)O)n1)c1nc(-c2ccc(Br)cc2)cs1. The number of hydrogen-bond acceptors (Lipinski definition) is 8. The maximum atomic E-state index is 12.1. The number of halogens is 1. The third-order valence-electron chi connectivity index (χ3n) is 4.73. The summed E-state index contributed by atoms with van der Waals surface area (Å²) < 4.78 is 6.09. The minimum atomic E-state index is -0.742. The van der Waals surface area contributed by atoms with Crippen LogP contribution in [0, 0.1) is 0 Å². The molecule has 8 nitrogen and oxygen atoms in total. The molecule has 3 atom stereocenters. The molecule has 30 heavy (non-hydrogen) atoms. The van der Waals surface area contributed by atoms with Gasteiger partial charge in [-0.25, -0.2) is 14.8 Å². The molecule has 0 saturated carbocycles. The Morgan fingerprint density at radius 1 is 1.27 bits per heavy atom. The molecule has 1 fully saturated rings. The van der Waals surface area contributed by atoms with Gasteiger partial charge >= 0.3 is 6.09 Å². The lowest BCUT2D eigenvalue weighted by Crippen LogP contribution is -2.41. The van der Waals surface area contributed by atoms with Crippen molar-refractivity contribution in [2.24, 2.45) is 0 Å². The number of aliphatic hydroxyl groups is 1. The van der Waals surface area contributed by atoms with Crippen LogP contribution in [0.5, 0.6) is 0 Å². The summed E-state index contributed by atoms with van der Waals surface area (Å²) in [6, 6.07) is 9.01. The molecule has 1 saturated heterocycles. The first-order valence-corrected chi connectivity index (χ1v) is 11.0. The lowest BCUT2D eigenvalue weighted by Gasteiger charge is -2.22. The van der Waals surface area contributed by atoms with Gasteiger partial charge in [-0.05, 0) is 32.0 Å². The molecule has 156 valence electrons. The van der Waals surface area contributed by atoms with Gasteiger partial charge in [0.1, 0.15) is 23.5 Å². The summed E-state index contributed by atoms with van der Waals surface area (Å²) in [4.78, 5) is 26.9. The lowest BCUT2D eigenvalue weighted by atomic mass is 10.2. The van der Waals surface area contributed by atoms with Crippen molar-refractivity contribution in [1.82, 2.24) is 15.0 Å². The van der Waals surface area contributed by atoms with Crippen molar-refractivity contribution in [3.05, 3.63) is 51.4 Å². The van der Waals surface area contributed by atoms with Gasteiger partial charge in [-0.15, -0.1) is 11.3 Å². The summed E-state index contributed by atoms with van der Waals surface area (Å²) in [5.41, 5.74) is 1.95. The predicted molar refractivity (Wildman–Crippen MR) is 119 cm³/mol. The van der Waals surface area contributed by atoms with E-state index in [0.717, 1.165) is 20.7 Å². The van der Waals surface area contributed by atoms with Crippen LogP contribution in [-0.2, 0) is 4.74 Å². The van der Waals surface area contributed by atoms with E-state index in [9.17, 15) is 9.90 Å². The van der Waals surface area contributed by atoms with E-state index < -0.39 is 18.2 Å². The summed E-state index contributed by atoms with van der Waals surface area (Å²) in [7, 11) is 0. The zero-order valence-corrected chi connectivity index (χ0v) is 18.7.